The first-order chi connectivity index (χ1) is 9.02. The van der Waals surface area contributed by atoms with Crippen molar-refractivity contribution >= 4 is 46.6 Å². The van der Waals surface area contributed by atoms with E-state index in [-0.39, 0.29) is 5.91 Å². The van der Waals surface area contributed by atoms with E-state index in [1.165, 1.54) is 0 Å². The van der Waals surface area contributed by atoms with Gasteiger partial charge < -0.3 is 10.6 Å². The van der Waals surface area contributed by atoms with E-state index < -0.39 is 0 Å². The topological polar surface area (TPSA) is 46.3 Å². The SMILES string of the molecule is CCC1CN(C(=O)c2cc(Cl)c(N)c(Cl)c2)CCS1. The molecule has 1 saturated heterocycles. The number of nitrogens with two attached hydrogens (primary N) is 1. The molecule has 3 nitrogen and oxygen atoms in total. The van der Waals surface area contributed by atoms with Gasteiger partial charge in [0.2, 0.25) is 0 Å². The number of carbonyl (C=O) groups excluding carboxylic acids is 1. The number of halogens is 2. The summed E-state index contributed by atoms with van der Waals surface area (Å²) < 4.78 is 0. The lowest BCUT2D eigenvalue weighted by molar-refractivity contribution is 0.0761. The van der Waals surface area contributed by atoms with Crippen LogP contribution < -0.4 is 5.73 Å². The van der Waals surface area contributed by atoms with Crippen LogP contribution in [0.15, 0.2) is 12.1 Å². The molecule has 1 aromatic rings. The third-order valence-electron chi connectivity index (χ3n) is 3.21. The van der Waals surface area contributed by atoms with Crippen molar-refractivity contribution < 1.29 is 4.79 Å². The standard InChI is InChI=1S/C13H16Cl2N2OS/c1-2-9-7-17(3-4-19-9)13(18)8-5-10(14)12(16)11(15)6-8/h5-6,9H,2-4,7,16H2,1H3. The summed E-state index contributed by atoms with van der Waals surface area (Å²) in [5.74, 6) is 0.947. The number of rotatable bonds is 2. The van der Waals surface area contributed by atoms with Crippen LogP contribution in [0.1, 0.15) is 23.7 Å². The van der Waals surface area contributed by atoms with Gasteiger partial charge in [-0.3, -0.25) is 4.79 Å². The first-order valence-corrected chi connectivity index (χ1v) is 7.98. The summed E-state index contributed by atoms with van der Waals surface area (Å²) in [6.07, 6.45) is 1.07. The Kier molecular flexibility index (Phi) is 4.87. The summed E-state index contributed by atoms with van der Waals surface area (Å²) in [6, 6.07) is 3.18. The molecule has 0 saturated carbocycles. The maximum Gasteiger partial charge on any atom is 0.254 e. The molecule has 1 aromatic carbocycles. The van der Waals surface area contributed by atoms with Gasteiger partial charge in [-0.1, -0.05) is 30.1 Å². The summed E-state index contributed by atoms with van der Waals surface area (Å²) in [5.41, 5.74) is 6.51. The molecule has 2 rings (SSSR count). The summed E-state index contributed by atoms with van der Waals surface area (Å²) in [7, 11) is 0. The number of carbonyl (C=O) groups is 1. The van der Waals surface area contributed by atoms with Gasteiger partial charge in [-0.05, 0) is 18.6 Å². The van der Waals surface area contributed by atoms with Crippen LogP contribution in [0.5, 0.6) is 0 Å². The molecule has 0 spiro atoms. The Balaban J connectivity index is 2.19. The van der Waals surface area contributed by atoms with Crippen molar-refractivity contribution in [2.24, 2.45) is 0 Å². The maximum absolute atomic E-state index is 12.4. The Morgan fingerprint density at radius 3 is 2.68 bits per heavy atom. The molecular weight excluding hydrogens is 303 g/mol. The smallest absolute Gasteiger partial charge is 0.254 e. The Labute approximate surface area is 127 Å². The lowest BCUT2D eigenvalue weighted by atomic mass is 10.1. The fourth-order valence-electron chi connectivity index (χ4n) is 2.04. The third-order valence-corrected chi connectivity index (χ3v) is 5.20. The second-order valence-electron chi connectivity index (χ2n) is 4.51. The van der Waals surface area contributed by atoms with Gasteiger partial charge in [0.25, 0.3) is 5.91 Å². The molecule has 2 N–H and O–H groups in total. The molecule has 6 heteroatoms. The van der Waals surface area contributed by atoms with Crippen molar-refractivity contribution in [2.45, 2.75) is 18.6 Å². The van der Waals surface area contributed by atoms with Gasteiger partial charge in [0.1, 0.15) is 0 Å². The minimum atomic E-state index is -0.0254. The molecule has 104 valence electrons. The van der Waals surface area contributed by atoms with Gasteiger partial charge >= 0.3 is 0 Å². The molecular formula is C13H16Cl2N2OS. The maximum atomic E-state index is 12.4. The van der Waals surface area contributed by atoms with Gasteiger partial charge in [-0.15, -0.1) is 0 Å². The Morgan fingerprint density at radius 1 is 1.47 bits per heavy atom. The predicted molar refractivity (Wildman–Crippen MR) is 83.3 cm³/mol. The van der Waals surface area contributed by atoms with Crippen LogP contribution in [-0.4, -0.2) is 34.9 Å². The third kappa shape index (κ3) is 3.30. The molecule has 1 aliphatic heterocycles. The van der Waals surface area contributed by atoms with Gasteiger partial charge in [0.05, 0.1) is 15.7 Å². The van der Waals surface area contributed by atoms with Crippen molar-refractivity contribution in [3.8, 4) is 0 Å². The predicted octanol–water partition coefficient (Wildman–Crippen LogP) is 3.54. The van der Waals surface area contributed by atoms with Crippen LogP contribution in [0, 0.1) is 0 Å². The molecule has 19 heavy (non-hydrogen) atoms. The molecule has 1 fully saturated rings. The molecule has 0 radical (unpaired) electrons. The van der Waals surface area contributed by atoms with Crippen LogP contribution >= 0.6 is 35.0 Å². The highest BCUT2D eigenvalue weighted by molar-refractivity contribution is 8.00. The molecule has 1 atom stereocenters. The van der Waals surface area contributed by atoms with E-state index in [1.54, 1.807) is 12.1 Å². The second kappa shape index (κ2) is 6.25. The Morgan fingerprint density at radius 2 is 2.11 bits per heavy atom. The minimum absolute atomic E-state index is 0.0254. The summed E-state index contributed by atoms with van der Waals surface area (Å²) >= 11 is 13.9. The monoisotopic (exact) mass is 318 g/mol. The van der Waals surface area contributed by atoms with E-state index >= 15 is 0 Å². The van der Waals surface area contributed by atoms with E-state index in [0.717, 1.165) is 25.3 Å². The van der Waals surface area contributed by atoms with E-state index in [0.29, 0.717) is 26.5 Å². The highest BCUT2D eigenvalue weighted by Crippen LogP contribution is 2.30. The first-order valence-electron chi connectivity index (χ1n) is 6.18. The highest BCUT2D eigenvalue weighted by atomic mass is 35.5. The van der Waals surface area contributed by atoms with Crippen molar-refractivity contribution in [1.29, 1.82) is 0 Å². The number of anilines is 1. The number of nitrogens with zero attached hydrogens (tertiary/aromatic N) is 1. The fourth-order valence-corrected chi connectivity index (χ4v) is 3.71. The normalized spacial score (nSPS) is 19.5. The van der Waals surface area contributed by atoms with Crippen molar-refractivity contribution in [1.82, 2.24) is 4.90 Å². The minimum Gasteiger partial charge on any atom is -0.396 e. The van der Waals surface area contributed by atoms with Crippen LogP contribution in [0.2, 0.25) is 10.0 Å². The molecule has 0 aromatic heterocycles. The van der Waals surface area contributed by atoms with Gasteiger partial charge in [-0.2, -0.15) is 11.8 Å². The van der Waals surface area contributed by atoms with Gasteiger partial charge in [0, 0.05) is 29.7 Å². The van der Waals surface area contributed by atoms with E-state index in [1.807, 2.05) is 16.7 Å². The first kappa shape index (κ1) is 14.8. The van der Waals surface area contributed by atoms with Crippen LogP contribution in [0.4, 0.5) is 5.69 Å². The largest absolute Gasteiger partial charge is 0.396 e. The zero-order chi connectivity index (χ0) is 14.0. The van der Waals surface area contributed by atoms with Gasteiger partial charge in [0.15, 0.2) is 0 Å². The summed E-state index contributed by atoms with van der Waals surface area (Å²) in [4.78, 5) is 14.3. The Hall–Kier alpha value is -0.580. The molecule has 0 aliphatic carbocycles. The van der Waals surface area contributed by atoms with E-state index in [2.05, 4.69) is 6.92 Å². The number of hydrogen-bond donors (Lipinski definition) is 1. The van der Waals surface area contributed by atoms with Crippen molar-refractivity contribution in [3.63, 3.8) is 0 Å². The summed E-state index contributed by atoms with van der Waals surface area (Å²) in [5, 5.41) is 1.17. The zero-order valence-corrected chi connectivity index (χ0v) is 13.0. The molecule has 1 heterocycles. The quantitative estimate of drug-likeness (QED) is 0.848. The molecule has 1 amide bonds. The highest BCUT2D eigenvalue weighted by Gasteiger charge is 2.24. The average molecular weight is 319 g/mol. The van der Waals surface area contributed by atoms with Crippen molar-refractivity contribution in [3.05, 3.63) is 27.7 Å². The second-order valence-corrected chi connectivity index (χ2v) is 6.73. The van der Waals surface area contributed by atoms with Crippen LogP contribution in [0.25, 0.3) is 0 Å². The molecule has 1 unspecified atom stereocenters. The number of benzene rings is 1. The number of amides is 1. The number of nitrogen functional groups attached to an aromatic ring is 1. The van der Waals surface area contributed by atoms with E-state index in [9.17, 15) is 4.79 Å². The van der Waals surface area contributed by atoms with Crippen molar-refractivity contribution in [2.75, 3.05) is 24.6 Å². The van der Waals surface area contributed by atoms with E-state index in [4.69, 9.17) is 28.9 Å². The summed E-state index contributed by atoms with van der Waals surface area (Å²) in [6.45, 7) is 3.68. The molecule has 1 aliphatic rings. The zero-order valence-electron chi connectivity index (χ0n) is 10.7. The Bertz CT molecular complexity index is 473. The van der Waals surface area contributed by atoms with Crippen LogP contribution in [0.3, 0.4) is 0 Å². The molecule has 0 bridgehead atoms. The van der Waals surface area contributed by atoms with Gasteiger partial charge in [-0.25, -0.2) is 0 Å². The fraction of sp³-hybridized carbons (Fsp3) is 0.462. The average Bonchev–Trinajstić information content (AvgIpc) is 2.43. The lowest BCUT2D eigenvalue weighted by Crippen LogP contribution is -2.41. The van der Waals surface area contributed by atoms with Crippen LogP contribution in [-0.2, 0) is 0 Å². The number of thioether (sulfide) groups is 1. The number of hydrogen-bond acceptors (Lipinski definition) is 3. The lowest BCUT2D eigenvalue weighted by Gasteiger charge is -2.32.